The normalized spacial score (nSPS) is 15.0. The number of hydrogen-bond acceptors (Lipinski definition) is 4. The van der Waals surface area contributed by atoms with E-state index in [2.05, 4.69) is 10.4 Å². The van der Waals surface area contributed by atoms with E-state index in [0.717, 1.165) is 6.07 Å². The molecule has 1 atom stereocenters. The second-order valence-corrected chi connectivity index (χ2v) is 7.85. The molecule has 1 aliphatic heterocycles. The summed E-state index contributed by atoms with van der Waals surface area (Å²) in [7, 11) is 0. The van der Waals surface area contributed by atoms with Gasteiger partial charge in [-0.25, -0.2) is 13.6 Å². The third kappa shape index (κ3) is 4.23. The minimum absolute atomic E-state index is 0.0387. The highest BCUT2D eigenvalue weighted by molar-refractivity contribution is 6.30. The molecule has 0 saturated heterocycles. The van der Waals surface area contributed by atoms with E-state index < -0.39 is 30.5 Å². The summed E-state index contributed by atoms with van der Waals surface area (Å²) >= 11 is 6.06. The average Bonchev–Trinajstić information content (AvgIpc) is 3.18. The molecule has 3 amide bonds. The number of alkyl halides is 1. The number of carbonyl (C=O) groups excluding carboxylic acids is 2. The highest BCUT2D eigenvalue weighted by atomic mass is 35.5. The Balaban J connectivity index is 1.68. The fourth-order valence-corrected chi connectivity index (χ4v) is 3.94. The fraction of sp³-hybridized carbons (Fsp3) is 0.182. The van der Waals surface area contributed by atoms with Gasteiger partial charge in [0.2, 0.25) is 0 Å². The molecule has 1 aliphatic rings. The van der Waals surface area contributed by atoms with Gasteiger partial charge in [0.1, 0.15) is 24.3 Å². The molecule has 0 spiro atoms. The first-order chi connectivity index (χ1) is 15.8. The number of urea groups is 1. The summed E-state index contributed by atoms with van der Waals surface area (Å²) in [5.41, 5.74) is 6.72. The standard InChI is InChI=1S/C22H17ClF2N6O2/c23-14-3-1-2-12(6-14)20-19(21(27)32)18-11-30(10-16(8-24)31(18)29-20)22(33)28-15-5-4-13(9-26)17(25)7-15/h1-7,16H,8,10-11H2,(H2,27,32)(H,28,33)/t16-/m1/s1. The number of nitriles is 1. The summed E-state index contributed by atoms with van der Waals surface area (Å²) in [5.74, 6) is -1.56. The minimum Gasteiger partial charge on any atom is -0.365 e. The van der Waals surface area contributed by atoms with Crippen LogP contribution < -0.4 is 11.1 Å². The monoisotopic (exact) mass is 470 g/mol. The molecule has 8 nitrogen and oxygen atoms in total. The predicted octanol–water partition coefficient (Wildman–Crippen LogP) is 3.87. The van der Waals surface area contributed by atoms with Crippen LogP contribution in [0.4, 0.5) is 19.3 Å². The molecule has 33 heavy (non-hydrogen) atoms. The maximum Gasteiger partial charge on any atom is 0.322 e. The Kier molecular flexibility index (Phi) is 5.98. The van der Waals surface area contributed by atoms with Crippen LogP contribution in [0, 0.1) is 17.1 Å². The van der Waals surface area contributed by atoms with Gasteiger partial charge in [0.05, 0.1) is 29.4 Å². The second-order valence-electron chi connectivity index (χ2n) is 7.41. The maximum atomic E-state index is 13.9. The van der Waals surface area contributed by atoms with Gasteiger partial charge in [0.25, 0.3) is 5.91 Å². The number of nitrogens with one attached hydrogen (secondary N) is 1. The SMILES string of the molecule is N#Cc1ccc(NC(=O)N2Cc3c(C(N)=O)c(-c4cccc(Cl)c4)nn3[C@H](CF)C2)cc1F. The van der Waals surface area contributed by atoms with Crippen molar-refractivity contribution < 1.29 is 18.4 Å². The molecule has 1 aromatic heterocycles. The maximum absolute atomic E-state index is 13.9. The first-order valence-corrected chi connectivity index (χ1v) is 10.2. The summed E-state index contributed by atoms with van der Waals surface area (Å²) < 4.78 is 29.2. The van der Waals surface area contributed by atoms with Crippen LogP contribution in [0.25, 0.3) is 11.3 Å². The van der Waals surface area contributed by atoms with E-state index in [1.807, 2.05) is 0 Å². The lowest BCUT2D eigenvalue weighted by Crippen LogP contribution is -2.44. The largest absolute Gasteiger partial charge is 0.365 e. The molecule has 168 valence electrons. The molecule has 2 aromatic carbocycles. The Hall–Kier alpha value is -3.97. The van der Waals surface area contributed by atoms with Gasteiger partial charge in [-0.1, -0.05) is 23.7 Å². The number of carbonyl (C=O) groups is 2. The summed E-state index contributed by atoms with van der Waals surface area (Å²) in [6.45, 7) is -0.965. The molecule has 3 N–H and O–H groups in total. The first kappa shape index (κ1) is 22.2. The molecule has 0 fully saturated rings. The molecular formula is C22H17ClF2N6O2. The van der Waals surface area contributed by atoms with E-state index >= 15 is 0 Å². The Morgan fingerprint density at radius 3 is 2.73 bits per heavy atom. The van der Waals surface area contributed by atoms with Gasteiger partial charge < -0.3 is 16.0 Å². The van der Waals surface area contributed by atoms with Crippen LogP contribution in [-0.4, -0.2) is 39.8 Å². The molecule has 0 bridgehead atoms. The number of nitrogens with zero attached hydrogens (tertiary/aromatic N) is 4. The number of benzene rings is 2. The minimum atomic E-state index is -0.858. The van der Waals surface area contributed by atoms with Gasteiger partial charge >= 0.3 is 6.03 Å². The highest BCUT2D eigenvalue weighted by Gasteiger charge is 2.34. The van der Waals surface area contributed by atoms with Crippen molar-refractivity contribution in [3.63, 3.8) is 0 Å². The summed E-state index contributed by atoms with van der Waals surface area (Å²) in [5, 5.41) is 16.2. The number of rotatable bonds is 4. The van der Waals surface area contributed by atoms with Crippen LogP contribution in [-0.2, 0) is 6.54 Å². The zero-order valence-electron chi connectivity index (χ0n) is 17.1. The Labute approximate surface area is 192 Å². The quantitative estimate of drug-likeness (QED) is 0.601. The van der Waals surface area contributed by atoms with Crippen molar-refractivity contribution >= 4 is 29.2 Å². The lowest BCUT2D eigenvalue weighted by molar-refractivity contribution is 0.0995. The third-order valence-corrected chi connectivity index (χ3v) is 5.51. The van der Waals surface area contributed by atoms with Crippen molar-refractivity contribution in [3.8, 4) is 17.3 Å². The molecule has 0 unspecified atom stereocenters. The fourth-order valence-electron chi connectivity index (χ4n) is 3.75. The van der Waals surface area contributed by atoms with Crippen LogP contribution in [0.15, 0.2) is 42.5 Å². The van der Waals surface area contributed by atoms with Gasteiger partial charge in [-0.2, -0.15) is 10.4 Å². The highest BCUT2D eigenvalue weighted by Crippen LogP contribution is 2.33. The topological polar surface area (TPSA) is 117 Å². The van der Waals surface area contributed by atoms with Crippen LogP contribution in [0.2, 0.25) is 5.02 Å². The summed E-state index contributed by atoms with van der Waals surface area (Å²) in [4.78, 5) is 26.5. The average molecular weight is 471 g/mol. The predicted molar refractivity (Wildman–Crippen MR) is 117 cm³/mol. The number of amides is 3. The van der Waals surface area contributed by atoms with Crippen molar-refractivity contribution in [2.75, 3.05) is 18.5 Å². The lowest BCUT2D eigenvalue weighted by Gasteiger charge is -2.33. The zero-order chi connectivity index (χ0) is 23.7. The van der Waals surface area contributed by atoms with E-state index in [9.17, 15) is 18.4 Å². The van der Waals surface area contributed by atoms with Crippen molar-refractivity contribution in [2.24, 2.45) is 5.73 Å². The van der Waals surface area contributed by atoms with Gasteiger partial charge in [0, 0.05) is 22.8 Å². The number of anilines is 1. The van der Waals surface area contributed by atoms with E-state index in [4.69, 9.17) is 22.6 Å². The van der Waals surface area contributed by atoms with Crippen molar-refractivity contribution in [2.45, 2.75) is 12.6 Å². The molecule has 0 saturated carbocycles. The lowest BCUT2D eigenvalue weighted by atomic mass is 10.0. The van der Waals surface area contributed by atoms with E-state index in [1.54, 1.807) is 30.3 Å². The summed E-state index contributed by atoms with van der Waals surface area (Å²) in [6, 6.07) is 10.5. The number of primary amides is 1. The molecule has 4 rings (SSSR count). The van der Waals surface area contributed by atoms with Crippen LogP contribution >= 0.6 is 11.6 Å². The van der Waals surface area contributed by atoms with E-state index in [-0.39, 0.29) is 41.3 Å². The third-order valence-electron chi connectivity index (χ3n) is 5.28. The van der Waals surface area contributed by atoms with Gasteiger partial charge in [0.15, 0.2) is 0 Å². The van der Waals surface area contributed by atoms with Crippen LogP contribution in [0.3, 0.4) is 0 Å². The van der Waals surface area contributed by atoms with Gasteiger partial charge in [-0.05, 0) is 30.3 Å². The number of fused-ring (bicyclic) bond motifs is 1. The molecule has 3 aromatic rings. The van der Waals surface area contributed by atoms with Crippen LogP contribution in [0.5, 0.6) is 0 Å². The van der Waals surface area contributed by atoms with Crippen molar-refractivity contribution in [1.82, 2.24) is 14.7 Å². The van der Waals surface area contributed by atoms with Gasteiger partial charge in [-0.15, -0.1) is 0 Å². The number of halogens is 3. The number of aromatic nitrogens is 2. The van der Waals surface area contributed by atoms with Crippen LogP contribution in [0.1, 0.15) is 27.7 Å². The molecule has 0 radical (unpaired) electrons. The Bertz CT molecular complexity index is 1300. The smallest absolute Gasteiger partial charge is 0.322 e. The van der Waals surface area contributed by atoms with E-state index in [0.29, 0.717) is 10.6 Å². The van der Waals surface area contributed by atoms with E-state index in [1.165, 1.54) is 21.7 Å². The first-order valence-electron chi connectivity index (χ1n) is 9.81. The Morgan fingerprint density at radius 1 is 1.30 bits per heavy atom. The molecular weight excluding hydrogens is 454 g/mol. The Morgan fingerprint density at radius 2 is 2.09 bits per heavy atom. The molecule has 2 heterocycles. The zero-order valence-corrected chi connectivity index (χ0v) is 17.8. The van der Waals surface area contributed by atoms with Crippen molar-refractivity contribution in [3.05, 3.63) is 70.1 Å². The van der Waals surface area contributed by atoms with Crippen molar-refractivity contribution in [1.29, 1.82) is 5.26 Å². The second kappa shape index (κ2) is 8.88. The number of nitrogens with two attached hydrogens (primary N) is 1. The summed E-state index contributed by atoms with van der Waals surface area (Å²) in [6.07, 6.45) is 0. The van der Waals surface area contributed by atoms with Gasteiger partial charge in [-0.3, -0.25) is 9.48 Å². The molecule has 0 aliphatic carbocycles. The molecule has 11 heteroatoms. The number of hydrogen-bond donors (Lipinski definition) is 2.